The number of nitrogens with zero attached hydrogens (tertiary/aromatic N) is 1. The lowest BCUT2D eigenvalue weighted by Crippen LogP contribution is -2.54. The third-order valence-corrected chi connectivity index (χ3v) is 5.90. The molecule has 6 nitrogen and oxygen atoms in total. The summed E-state index contributed by atoms with van der Waals surface area (Å²) in [5.41, 5.74) is 1.09. The Hall–Kier alpha value is -3.20. The van der Waals surface area contributed by atoms with Crippen molar-refractivity contribution < 1.29 is 23.5 Å². The van der Waals surface area contributed by atoms with E-state index in [0.717, 1.165) is 9.37 Å². The van der Waals surface area contributed by atoms with Gasteiger partial charge in [0, 0.05) is 4.47 Å². The van der Waals surface area contributed by atoms with Crippen molar-refractivity contribution in [2.24, 2.45) is 0 Å². The molecule has 1 heterocycles. The fourth-order valence-corrected chi connectivity index (χ4v) is 4.06. The van der Waals surface area contributed by atoms with Gasteiger partial charge >= 0.3 is 6.03 Å². The number of barbiturate groups is 1. The summed E-state index contributed by atoms with van der Waals surface area (Å²) in [6.45, 7) is 0.102. The van der Waals surface area contributed by atoms with Gasteiger partial charge in [-0.25, -0.2) is 14.1 Å². The molecule has 3 aromatic carbocycles. The van der Waals surface area contributed by atoms with Crippen LogP contribution in [-0.4, -0.2) is 17.8 Å². The molecule has 34 heavy (non-hydrogen) atoms. The van der Waals surface area contributed by atoms with Crippen molar-refractivity contribution in [3.63, 3.8) is 0 Å². The van der Waals surface area contributed by atoms with Crippen LogP contribution in [0.15, 0.2) is 70.7 Å². The monoisotopic (exact) mass is 562 g/mol. The molecule has 10 heteroatoms. The smallest absolute Gasteiger partial charge is 0.335 e. The van der Waals surface area contributed by atoms with Crippen molar-refractivity contribution in [2.75, 3.05) is 4.90 Å². The minimum atomic E-state index is -0.852. The number of amides is 4. The zero-order chi connectivity index (χ0) is 24.4. The maximum Gasteiger partial charge on any atom is 0.335 e. The predicted molar refractivity (Wildman–Crippen MR) is 130 cm³/mol. The van der Waals surface area contributed by atoms with Crippen molar-refractivity contribution in [3.05, 3.63) is 97.7 Å². The average Bonchev–Trinajstić information content (AvgIpc) is 2.78. The predicted octanol–water partition coefficient (Wildman–Crippen LogP) is 6.14. The van der Waals surface area contributed by atoms with Crippen molar-refractivity contribution in [2.45, 2.75) is 6.61 Å². The number of ether oxygens (including phenoxy) is 1. The lowest BCUT2D eigenvalue weighted by Gasteiger charge is -2.26. The van der Waals surface area contributed by atoms with Crippen LogP contribution in [0.4, 0.5) is 14.9 Å². The molecule has 0 bridgehead atoms. The van der Waals surface area contributed by atoms with Crippen LogP contribution in [0.3, 0.4) is 0 Å². The summed E-state index contributed by atoms with van der Waals surface area (Å²) in [6.07, 6.45) is 1.29. The van der Waals surface area contributed by atoms with Gasteiger partial charge in [0.2, 0.25) is 0 Å². The molecule has 1 aliphatic rings. The molecule has 1 aliphatic heterocycles. The molecule has 0 aliphatic carbocycles. The van der Waals surface area contributed by atoms with Crippen LogP contribution in [-0.2, 0) is 16.2 Å². The summed E-state index contributed by atoms with van der Waals surface area (Å²) in [7, 11) is 0. The van der Waals surface area contributed by atoms with Gasteiger partial charge < -0.3 is 4.74 Å². The summed E-state index contributed by atoms with van der Waals surface area (Å²) in [5.74, 6) is -1.80. The van der Waals surface area contributed by atoms with Crippen LogP contribution >= 0.6 is 39.1 Å². The summed E-state index contributed by atoms with van der Waals surface area (Å²) >= 11 is 15.9. The molecule has 4 rings (SSSR count). The second kappa shape index (κ2) is 9.97. The molecular formula is C24H14BrCl2FN2O4. The zero-order valence-corrected chi connectivity index (χ0v) is 20.2. The second-order valence-electron chi connectivity index (χ2n) is 7.16. The first-order chi connectivity index (χ1) is 16.2. The van der Waals surface area contributed by atoms with Crippen LogP contribution < -0.4 is 15.0 Å². The van der Waals surface area contributed by atoms with E-state index in [0.29, 0.717) is 16.8 Å². The normalized spacial score (nSPS) is 15.0. The lowest BCUT2D eigenvalue weighted by molar-refractivity contribution is -0.122. The molecule has 1 saturated heterocycles. The number of hydrogen-bond donors (Lipinski definition) is 1. The van der Waals surface area contributed by atoms with E-state index in [1.165, 1.54) is 30.3 Å². The number of rotatable bonds is 5. The Balaban J connectivity index is 1.60. The number of imide groups is 2. The van der Waals surface area contributed by atoms with Gasteiger partial charge in [-0.2, -0.15) is 0 Å². The summed E-state index contributed by atoms with van der Waals surface area (Å²) < 4.78 is 19.5. The van der Waals surface area contributed by atoms with Gasteiger partial charge in [-0.1, -0.05) is 51.3 Å². The third-order valence-electron chi connectivity index (χ3n) is 4.81. The van der Waals surface area contributed by atoms with E-state index in [-0.39, 0.29) is 33.8 Å². The summed E-state index contributed by atoms with van der Waals surface area (Å²) in [4.78, 5) is 38.6. The van der Waals surface area contributed by atoms with Crippen molar-refractivity contribution in [1.29, 1.82) is 0 Å². The van der Waals surface area contributed by atoms with E-state index in [4.69, 9.17) is 27.9 Å². The number of nitrogens with one attached hydrogen (secondary N) is 1. The van der Waals surface area contributed by atoms with Crippen molar-refractivity contribution >= 4 is 68.7 Å². The minimum Gasteiger partial charge on any atom is -0.486 e. The fraction of sp³-hybridized carbons (Fsp3) is 0.0417. The van der Waals surface area contributed by atoms with E-state index in [1.807, 2.05) is 0 Å². The molecule has 4 amide bonds. The van der Waals surface area contributed by atoms with Gasteiger partial charge in [-0.3, -0.25) is 14.9 Å². The first-order valence-corrected chi connectivity index (χ1v) is 11.3. The van der Waals surface area contributed by atoms with Gasteiger partial charge in [-0.15, -0.1) is 0 Å². The molecule has 172 valence electrons. The highest BCUT2D eigenvalue weighted by Crippen LogP contribution is 2.36. The van der Waals surface area contributed by atoms with E-state index in [2.05, 4.69) is 21.2 Å². The van der Waals surface area contributed by atoms with Crippen molar-refractivity contribution in [3.8, 4) is 5.75 Å². The number of anilines is 1. The molecular weight excluding hydrogens is 550 g/mol. The number of halogens is 4. The number of carbonyl (C=O) groups excluding carboxylic acids is 3. The quantitative estimate of drug-likeness (QED) is 0.299. The standard InChI is InChI=1S/C24H14BrCl2FN2O4/c25-15-3-7-17(8-4-15)30-23(32)18(22(31)29-24(30)33)9-14-10-19(26)21(20(27)11-14)34-12-13-1-5-16(28)6-2-13/h1-11H,12H2,(H,29,31,33)/b18-9+. The summed E-state index contributed by atoms with van der Waals surface area (Å²) in [5, 5.41) is 2.44. The highest BCUT2D eigenvalue weighted by molar-refractivity contribution is 9.10. The number of carbonyl (C=O) groups is 3. The van der Waals surface area contributed by atoms with Gasteiger partial charge in [-0.05, 0) is 65.7 Å². The fourth-order valence-electron chi connectivity index (χ4n) is 3.19. The van der Waals surface area contributed by atoms with Crippen LogP contribution in [0, 0.1) is 5.82 Å². The molecule has 0 aromatic heterocycles. The topological polar surface area (TPSA) is 75.7 Å². The lowest BCUT2D eigenvalue weighted by atomic mass is 10.1. The van der Waals surface area contributed by atoms with Crippen LogP contribution in [0.2, 0.25) is 10.0 Å². The van der Waals surface area contributed by atoms with Gasteiger partial charge in [0.15, 0.2) is 5.75 Å². The maximum absolute atomic E-state index is 13.1. The molecule has 0 spiro atoms. The molecule has 0 saturated carbocycles. The first-order valence-electron chi connectivity index (χ1n) is 9.76. The minimum absolute atomic E-state index is 0.102. The average molecular weight is 564 g/mol. The Morgan fingerprint density at radius 3 is 2.21 bits per heavy atom. The Labute approximate surface area is 212 Å². The molecule has 0 radical (unpaired) electrons. The van der Waals surface area contributed by atoms with Crippen LogP contribution in [0.1, 0.15) is 11.1 Å². The van der Waals surface area contributed by atoms with E-state index >= 15 is 0 Å². The molecule has 0 unspecified atom stereocenters. The summed E-state index contributed by atoms with van der Waals surface area (Å²) in [6, 6.07) is 14.3. The van der Waals surface area contributed by atoms with Gasteiger partial charge in [0.05, 0.1) is 15.7 Å². The van der Waals surface area contributed by atoms with E-state index in [1.54, 1.807) is 36.4 Å². The van der Waals surface area contributed by atoms with Crippen LogP contribution in [0.5, 0.6) is 5.75 Å². The molecule has 1 fully saturated rings. The molecule has 0 atom stereocenters. The van der Waals surface area contributed by atoms with Gasteiger partial charge in [0.1, 0.15) is 18.0 Å². The largest absolute Gasteiger partial charge is 0.486 e. The highest BCUT2D eigenvalue weighted by atomic mass is 79.9. The molecule has 1 N–H and O–H groups in total. The SMILES string of the molecule is O=C1NC(=O)N(c2ccc(Br)cc2)C(=O)/C1=C/c1cc(Cl)c(OCc2ccc(F)cc2)c(Cl)c1. The third kappa shape index (κ3) is 5.14. The van der Waals surface area contributed by atoms with Crippen molar-refractivity contribution in [1.82, 2.24) is 5.32 Å². The van der Waals surface area contributed by atoms with Gasteiger partial charge in [0.25, 0.3) is 11.8 Å². The maximum atomic E-state index is 13.1. The first kappa shape index (κ1) is 23.9. The number of benzene rings is 3. The zero-order valence-electron chi connectivity index (χ0n) is 17.2. The Morgan fingerprint density at radius 2 is 1.59 bits per heavy atom. The molecule has 3 aromatic rings. The van der Waals surface area contributed by atoms with Crippen LogP contribution in [0.25, 0.3) is 6.08 Å². The Kier molecular flexibility index (Phi) is 7.02. The second-order valence-corrected chi connectivity index (χ2v) is 8.89. The number of urea groups is 1. The van der Waals surface area contributed by atoms with E-state index < -0.39 is 17.8 Å². The number of hydrogen-bond acceptors (Lipinski definition) is 4. The Morgan fingerprint density at radius 1 is 0.971 bits per heavy atom. The Bertz CT molecular complexity index is 1300. The van der Waals surface area contributed by atoms with E-state index in [9.17, 15) is 18.8 Å². The highest BCUT2D eigenvalue weighted by Gasteiger charge is 2.36.